The van der Waals surface area contributed by atoms with Crippen LogP contribution >= 0.6 is 0 Å². The van der Waals surface area contributed by atoms with Crippen LogP contribution in [0.4, 0.5) is 10.5 Å². The van der Waals surface area contributed by atoms with Crippen LogP contribution in [-0.4, -0.2) is 45.5 Å². The lowest BCUT2D eigenvalue weighted by atomic mass is 9.77. The second kappa shape index (κ2) is 8.96. The molecule has 0 aliphatic carbocycles. The molecule has 1 atom stereocenters. The molecule has 1 unspecified atom stereocenters. The second-order valence-electron chi connectivity index (χ2n) is 9.23. The van der Waals surface area contributed by atoms with Crippen molar-refractivity contribution < 1.29 is 23.9 Å². The molecule has 2 amide bonds. The van der Waals surface area contributed by atoms with E-state index in [0.29, 0.717) is 30.1 Å². The van der Waals surface area contributed by atoms with Crippen molar-refractivity contribution in [1.82, 2.24) is 15.2 Å². The van der Waals surface area contributed by atoms with E-state index in [4.69, 9.17) is 9.05 Å². The Kier molecular flexibility index (Phi) is 5.93. The molecule has 10 heteroatoms. The summed E-state index contributed by atoms with van der Waals surface area (Å²) in [5.74, 6) is 1.04. The fourth-order valence-electron chi connectivity index (χ4n) is 5.03. The number of urea groups is 1. The molecule has 4 aromatic rings. The van der Waals surface area contributed by atoms with E-state index in [1.807, 2.05) is 56.3 Å². The van der Waals surface area contributed by atoms with Gasteiger partial charge in [0.05, 0.1) is 16.9 Å². The van der Waals surface area contributed by atoms with Crippen LogP contribution in [0.2, 0.25) is 0 Å². The molecule has 0 spiro atoms. The molecule has 1 aliphatic rings. The first-order chi connectivity index (χ1) is 17.2. The SMILES string of the molecule is Cc1noc(CCc2onc(C)c2-c2ccc3c(c2)C(C)(c2ccccc2)N(C)C(=O)N3)c1B(O)O. The first kappa shape index (κ1) is 23.8. The average molecular weight is 486 g/mol. The van der Waals surface area contributed by atoms with Crippen molar-refractivity contribution in [3.8, 4) is 11.1 Å². The van der Waals surface area contributed by atoms with Gasteiger partial charge in [-0.05, 0) is 44.0 Å². The number of hydrogen-bond donors (Lipinski definition) is 3. The molecule has 2 aromatic carbocycles. The Balaban J connectivity index is 1.55. The van der Waals surface area contributed by atoms with Crippen LogP contribution in [0.25, 0.3) is 11.1 Å². The summed E-state index contributed by atoms with van der Waals surface area (Å²) in [4.78, 5) is 14.5. The predicted octanol–water partition coefficient (Wildman–Crippen LogP) is 3.15. The molecule has 0 saturated carbocycles. The third kappa shape index (κ3) is 3.79. The third-order valence-corrected chi connectivity index (χ3v) is 7.14. The number of aromatic nitrogens is 2. The van der Waals surface area contributed by atoms with Gasteiger partial charge in [-0.25, -0.2) is 4.79 Å². The maximum absolute atomic E-state index is 12.8. The summed E-state index contributed by atoms with van der Waals surface area (Å²) in [6.07, 6.45) is 0.787. The Morgan fingerprint density at radius 2 is 1.67 bits per heavy atom. The summed E-state index contributed by atoms with van der Waals surface area (Å²) < 4.78 is 11.0. The maximum Gasteiger partial charge on any atom is 0.494 e. The minimum absolute atomic E-state index is 0.173. The van der Waals surface area contributed by atoms with Crippen LogP contribution < -0.4 is 10.8 Å². The standard InChI is InChI=1S/C26H27BN4O5/c1-15-23(21(35-29-15)12-13-22-24(27(33)34)16(2)30-36-22)17-10-11-20-19(14-17)26(3,31(4)25(32)28-20)18-8-6-5-7-9-18/h5-11,14,33-34H,12-13H2,1-4H3,(H,28,32). The molecular formula is C26H27BN4O5. The molecular weight excluding hydrogens is 459 g/mol. The number of carbonyl (C=O) groups excluding carboxylic acids is 1. The summed E-state index contributed by atoms with van der Waals surface area (Å²) in [6, 6.07) is 15.7. The maximum atomic E-state index is 12.8. The van der Waals surface area contributed by atoms with E-state index in [-0.39, 0.29) is 11.5 Å². The van der Waals surface area contributed by atoms with E-state index < -0.39 is 12.7 Å². The zero-order valence-electron chi connectivity index (χ0n) is 20.6. The monoisotopic (exact) mass is 486 g/mol. The van der Waals surface area contributed by atoms with Crippen LogP contribution in [0.5, 0.6) is 0 Å². The minimum atomic E-state index is -1.66. The number of carbonyl (C=O) groups is 1. The van der Waals surface area contributed by atoms with Gasteiger partial charge in [0.25, 0.3) is 0 Å². The van der Waals surface area contributed by atoms with Gasteiger partial charge in [0.1, 0.15) is 11.5 Å². The van der Waals surface area contributed by atoms with E-state index in [1.165, 1.54) is 0 Å². The highest BCUT2D eigenvalue weighted by Crippen LogP contribution is 2.44. The zero-order chi connectivity index (χ0) is 25.6. The Morgan fingerprint density at radius 1 is 1.00 bits per heavy atom. The third-order valence-electron chi connectivity index (χ3n) is 7.14. The van der Waals surface area contributed by atoms with Gasteiger partial charge in [0.2, 0.25) is 0 Å². The molecule has 9 nitrogen and oxygen atoms in total. The Hall–Kier alpha value is -3.89. The van der Waals surface area contributed by atoms with Gasteiger partial charge in [-0.1, -0.05) is 46.7 Å². The first-order valence-corrected chi connectivity index (χ1v) is 11.7. The largest absolute Gasteiger partial charge is 0.494 e. The summed E-state index contributed by atoms with van der Waals surface area (Å²) in [5, 5.41) is 30.4. The fraction of sp³-hybridized carbons (Fsp3) is 0.269. The summed E-state index contributed by atoms with van der Waals surface area (Å²) in [7, 11) is 0.131. The van der Waals surface area contributed by atoms with Crippen molar-refractivity contribution in [3.63, 3.8) is 0 Å². The number of rotatable bonds is 6. The number of benzene rings is 2. The Bertz CT molecular complexity index is 1430. The molecule has 0 saturated heterocycles. The van der Waals surface area contributed by atoms with Crippen molar-refractivity contribution in [2.24, 2.45) is 0 Å². The first-order valence-electron chi connectivity index (χ1n) is 11.7. The molecule has 3 heterocycles. The number of fused-ring (bicyclic) bond motifs is 1. The van der Waals surface area contributed by atoms with Crippen molar-refractivity contribution in [3.05, 3.63) is 82.6 Å². The highest BCUT2D eigenvalue weighted by Gasteiger charge is 2.42. The number of nitrogens with one attached hydrogen (secondary N) is 1. The molecule has 2 aromatic heterocycles. The van der Waals surface area contributed by atoms with Crippen molar-refractivity contribution in [2.45, 2.75) is 39.2 Å². The lowest BCUT2D eigenvalue weighted by Crippen LogP contribution is -2.51. The van der Waals surface area contributed by atoms with E-state index in [1.54, 1.807) is 18.9 Å². The van der Waals surface area contributed by atoms with Gasteiger partial charge in [-0.3, -0.25) is 0 Å². The molecule has 1 aliphatic heterocycles. The van der Waals surface area contributed by atoms with Crippen molar-refractivity contribution >= 4 is 24.3 Å². The summed E-state index contributed by atoms with van der Waals surface area (Å²) in [5.41, 5.74) is 5.23. The van der Waals surface area contributed by atoms with Gasteiger partial charge < -0.3 is 29.3 Å². The van der Waals surface area contributed by atoms with Crippen LogP contribution in [0.1, 0.15) is 41.0 Å². The van der Waals surface area contributed by atoms with Gasteiger partial charge in [-0.2, -0.15) is 0 Å². The van der Waals surface area contributed by atoms with E-state index in [2.05, 4.69) is 21.7 Å². The number of anilines is 1. The average Bonchev–Trinajstić information content (AvgIpc) is 3.43. The second-order valence-corrected chi connectivity index (χ2v) is 9.23. The molecule has 0 fully saturated rings. The smallest absolute Gasteiger partial charge is 0.423 e. The van der Waals surface area contributed by atoms with Crippen molar-refractivity contribution in [1.29, 1.82) is 0 Å². The molecule has 36 heavy (non-hydrogen) atoms. The quantitative estimate of drug-likeness (QED) is 0.358. The van der Waals surface area contributed by atoms with Gasteiger partial charge >= 0.3 is 13.1 Å². The van der Waals surface area contributed by atoms with Gasteiger partial charge in [0.15, 0.2) is 0 Å². The highest BCUT2D eigenvalue weighted by atomic mass is 16.5. The van der Waals surface area contributed by atoms with Crippen LogP contribution in [0.15, 0.2) is 57.6 Å². The van der Waals surface area contributed by atoms with Crippen LogP contribution in [0, 0.1) is 13.8 Å². The van der Waals surface area contributed by atoms with Gasteiger partial charge in [0, 0.05) is 42.2 Å². The molecule has 3 N–H and O–H groups in total. The van der Waals surface area contributed by atoms with Crippen LogP contribution in [0.3, 0.4) is 0 Å². The number of aryl methyl sites for hydroxylation is 4. The Labute approximate surface area is 208 Å². The molecule has 0 radical (unpaired) electrons. The summed E-state index contributed by atoms with van der Waals surface area (Å²) in [6.45, 7) is 5.59. The lowest BCUT2D eigenvalue weighted by Gasteiger charge is -2.44. The van der Waals surface area contributed by atoms with E-state index in [0.717, 1.165) is 33.6 Å². The number of nitrogens with zero attached hydrogens (tertiary/aromatic N) is 3. The Morgan fingerprint density at radius 3 is 2.39 bits per heavy atom. The number of amides is 2. The molecule has 5 rings (SSSR count). The fourth-order valence-corrected chi connectivity index (χ4v) is 5.03. The number of hydrogen-bond acceptors (Lipinski definition) is 7. The summed E-state index contributed by atoms with van der Waals surface area (Å²) >= 11 is 0. The van der Waals surface area contributed by atoms with E-state index >= 15 is 0 Å². The lowest BCUT2D eigenvalue weighted by molar-refractivity contribution is 0.175. The zero-order valence-corrected chi connectivity index (χ0v) is 20.6. The van der Waals surface area contributed by atoms with Crippen molar-refractivity contribution in [2.75, 3.05) is 12.4 Å². The van der Waals surface area contributed by atoms with E-state index in [9.17, 15) is 14.8 Å². The minimum Gasteiger partial charge on any atom is -0.423 e. The highest BCUT2D eigenvalue weighted by molar-refractivity contribution is 6.59. The molecule has 184 valence electrons. The predicted molar refractivity (Wildman–Crippen MR) is 135 cm³/mol. The topological polar surface area (TPSA) is 125 Å². The normalized spacial score (nSPS) is 17.2. The molecule has 0 bridgehead atoms. The van der Waals surface area contributed by atoms with Gasteiger partial charge in [-0.15, -0.1) is 0 Å². The van der Waals surface area contributed by atoms with Crippen LogP contribution in [-0.2, 0) is 18.4 Å².